The molecule has 0 aliphatic heterocycles. The highest BCUT2D eigenvalue weighted by atomic mass is 13.9. The van der Waals surface area contributed by atoms with Crippen LogP contribution in [0.3, 0.4) is 0 Å². The van der Waals surface area contributed by atoms with Gasteiger partial charge in [-0.15, -0.1) is 0 Å². The van der Waals surface area contributed by atoms with Gasteiger partial charge in [0.1, 0.15) is 0 Å². The summed E-state index contributed by atoms with van der Waals surface area (Å²) in [4.78, 5) is 0. The fraction of sp³-hybridized carbons (Fsp3) is 0.333. The quantitative estimate of drug-likeness (QED) is 0.532. The van der Waals surface area contributed by atoms with Gasteiger partial charge >= 0.3 is 0 Å². The summed E-state index contributed by atoms with van der Waals surface area (Å²) in [5.74, 6) is 0. The predicted molar refractivity (Wildman–Crippen MR) is 39.4 cm³/mol. The number of hydrogen-bond acceptors (Lipinski definition) is 0. The molecule has 0 fully saturated rings. The van der Waals surface area contributed by atoms with Crippen molar-refractivity contribution in [2.45, 2.75) is 20.3 Å². The van der Waals surface area contributed by atoms with Gasteiger partial charge in [0, 0.05) is 0 Å². The van der Waals surface area contributed by atoms with Crippen molar-refractivity contribution in [1.29, 1.82) is 0 Å². The van der Waals surface area contributed by atoms with E-state index in [1.807, 2.05) is 0 Å². The van der Waals surface area contributed by atoms with Crippen LogP contribution in [0, 0.1) is 13.0 Å². The maximum atomic E-state index is 3.15. The van der Waals surface area contributed by atoms with Crippen molar-refractivity contribution < 1.29 is 0 Å². The molecule has 0 amide bonds. The smallest absolute Gasteiger partial charge is 0.0149 e. The molecule has 0 N–H and O–H groups in total. The third-order valence-corrected chi connectivity index (χ3v) is 1.44. The molecule has 0 unspecified atom stereocenters. The van der Waals surface area contributed by atoms with E-state index in [0.29, 0.717) is 0 Å². The Morgan fingerprint density at radius 3 is 2.67 bits per heavy atom. The second kappa shape index (κ2) is 2.67. The zero-order chi connectivity index (χ0) is 6.69. The molecule has 0 spiro atoms. The average Bonchev–Trinajstić information content (AvgIpc) is 1.90. The third kappa shape index (κ3) is 1.56. The minimum absolute atomic E-state index is 1.11. The van der Waals surface area contributed by atoms with E-state index in [1.165, 1.54) is 11.1 Å². The van der Waals surface area contributed by atoms with Crippen molar-refractivity contribution in [3.63, 3.8) is 0 Å². The van der Waals surface area contributed by atoms with Gasteiger partial charge in [-0.2, -0.15) is 0 Å². The van der Waals surface area contributed by atoms with Gasteiger partial charge in [0.25, 0.3) is 0 Å². The normalized spacial score (nSPS) is 9.56. The first-order chi connectivity index (χ1) is 4.33. The molecule has 47 valence electrons. The molecule has 1 rings (SSSR count). The minimum atomic E-state index is 1.11. The van der Waals surface area contributed by atoms with Crippen LogP contribution in [-0.4, -0.2) is 0 Å². The number of hydrogen-bond donors (Lipinski definition) is 0. The standard InChI is InChI=1S/C9H11/c1-3-9-6-4-8(2)5-7-9/h4,6-7H,3H2,1-2H3. The van der Waals surface area contributed by atoms with Gasteiger partial charge in [0.05, 0.1) is 0 Å². The molecule has 0 aliphatic carbocycles. The Hall–Kier alpha value is -0.780. The third-order valence-electron chi connectivity index (χ3n) is 1.44. The summed E-state index contributed by atoms with van der Waals surface area (Å²) in [6.45, 7) is 4.21. The SMILES string of the molecule is CCc1c[c]c(C)cc1. The summed E-state index contributed by atoms with van der Waals surface area (Å²) >= 11 is 0. The second-order valence-electron chi connectivity index (χ2n) is 2.23. The van der Waals surface area contributed by atoms with E-state index in [4.69, 9.17) is 0 Å². The van der Waals surface area contributed by atoms with Gasteiger partial charge in [-0.3, -0.25) is 0 Å². The molecule has 0 saturated heterocycles. The molecule has 9 heavy (non-hydrogen) atoms. The summed E-state index contributed by atoms with van der Waals surface area (Å²) in [5.41, 5.74) is 2.58. The van der Waals surface area contributed by atoms with Crippen molar-refractivity contribution in [2.75, 3.05) is 0 Å². The molecule has 1 radical (unpaired) electrons. The van der Waals surface area contributed by atoms with Gasteiger partial charge in [-0.1, -0.05) is 25.1 Å². The lowest BCUT2D eigenvalue weighted by Crippen LogP contribution is -1.78. The molecule has 0 aliphatic rings. The second-order valence-corrected chi connectivity index (χ2v) is 2.23. The molecule has 0 heterocycles. The Balaban J connectivity index is 2.88. The van der Waals surface area contributed by atoms with Crippen LogP contribution in [0.2, 0.25) is 0 Å². The lowest BCUT2D eigenvalue weighted by Gasteiger charge is -1.93. The Bertz CT molecular complexity index is 172. The van der Waals surface area contributed by atoms with Gasteiger partial charge in [0.2, 0.25) is 0 Å². The van der Waals surface area contributed by atoms with Crippen LogP contribution >= 0.6 is 0 Å². The molecule has 0 nitrogen and oxygen atoms in total. The average molecular weight is 119 g/mol. The lowest BCUT2D eigenvalue weighted by molar-refractivity contribution is 1.13. The zero-order valence-electron chi connectivity index (χ0n) is 5.94. The molecule has 0 saturated carbocycles. The topological polar surface area (TPSA) is 0 Å². The van der Waals surface area contributed by atoms with E-state index in [1.54, 1.807) is 0 Å². The monoisotopic (exact) mass is 119 g/mol. The molecule has 0 atom stereocenters. The lowest BCUT2D eigenvalue weighted by atomic mass is 10.1. The van der Waals surface area contributed by atoms with E-state index in [9.17, 15) is 0 Å². The Labute approximate surface area is 56.5 Å². The van der Waals surface area contributed by atoms with E-state index < -0.39 is 0 Å². The molecular formula is C9H11. The summed E-state index contributed by atoms with van der Waals surface area (Å²) in [6.07, 6.45) is 1.11. The van der Waals surface area contributed by atoms with Gasteiger partial charge in [-0.05, 0) is 30.5 Å². The summed E-state index contributed by atoms with van der Waals surface area (Å²) in [7, 11) is 0. The van der Waals surface area contributed by atoms with Crippen molar-refractivity contribution in [2.24, 2.45) is 0 Å². The molecule has 0 aromatic heterocycles. The number of rotatable bonds is 1. The van der Waals surface area contributed by atoms with E-state index in [-0.39, 0.29) is 0 Å². The van der Waals surface area contributed by atoms with Crippen molar-refractivity contribution >= 4 is 0 Å². The highest BCUT2D eigenvalue weighted by Gasteiger charge is 1.85. The maximum absolute atomic E-state index is 3.15. The first-order valence-electron chi connectivity index (χ1n) is 3.30. The van der Waals surface area contributed by atoms with Crippen LogP contribution in [0.25, 0.3) is 0 Å². The molecule has 0 bridgehead atoms. The Kier molecular flexibility index (Phi) is 1.88. The first kappa shape index (κ1) is 6.34. The van der Waals surface area contributed by atoms with Crippen LogP contribution < -0.4 is 0 Å². The minimum Gasteiger partial charge on any atom is -0.0613 e. The van der Waals surface area contributed by atoms with E-state index >= 15 is 0 Å². The highest BCUT2D eigenvalue weighted by Crippen LogP contribution is 2.01. The fourth-order valence-electron chi connectivity index (χ4n) is 0.755. The molecule has 0 heteroatoms. The van der Waals surface area contributed by atoms with Crippen molar-refractivity contribution in [3.8, 4) is 0 Å². The maximum Gasteiger partial charge on any atom is -0.0149 e. The van der Waals surface area contributed by atoms with Gasteiger partial charge in [0.15, 0.2) is 0 Å². The van der Waals surface area contributed by atoms with Crippen LogP contribution in [0.1, 0.15) is 18.1 Å². The van der Waals surface area contributed by atoms with Crippen LogP contribution in [0.15, 0.2) is 18.2 Å². The first-order valence-corrected chi connectivity index (χ1v) is 3.30. The fourth-order valence-corrected chi connectivity index (χ4v) is 0.755. The van der Waals surface area contributed by atoms with Gasteiger partial charge < -0.3 is 0 Å². The highest BCUT2D eigenvalue weighted by molar-refractivity contribution is 5.19. The largest absolute Gasteiger partial charge is 0.0613 e. The van der Waals surface area contributed by atoms with Crippen LogP contribution in [-0.2, 0) is 6.42 Å². The molecule has 1 aromatic carbocycles. The van der Waals surface area contributed by atoms with E-state index in [0.717, 1.165) is 6.42 Å². The predicted octanol–water partition coefficient (Wildman–Crippen LogP) is 2.36. The summed E-state index contributed by atoms with van der Waals surface area (Å²) in [6, 6.07) is 9.44. The summed E-state index contributed by atoms with van der Waals surface area (Å²) in [5, 5.41) is 0. The van der Waals surface area contributed by atoms with Crippen molar-refractivity contribution in [1.82, 2.24) is 0 Å². The van der Waals surface area contributed by atoms with Crippen molar-refractivity contribution in [3.05, 3.63) is 35.4 Å². The van der Waals surface area contributed by atoms with E-state index in [2.05, 4.69) is 38.1 Å². The Morgan fingerprint density at radius 1 is 1.44 bits per heavy atom. The Morgan fingerprint density at radius 2 is 2.22 bits per heavy atom. The van der Waals surface area contributed by atoms with Crippen LogP contribution in [0.4, 0.5) is 0 Å². The molecule has 1 aromatic rings. The van der Waals surface area contributed by atoms with Gasteiger partial charge in [-0.25, -0.2) is 0 Å². The summed E-state index contributed by atoms with van der Waals surface area (Å²) < 4.78 is 0. The number of benzene rings is 1. The molecular weight excluding hydrogens is 108 g/mol. The zero-order valence-corrected chi connectivity index (χ0v) is 5.94. The number of aryl methyl sites for hydroxylation is 2. The van der Waals surface area contributed by atoms with Crippen LogP contribution in [0.5, 0.6) is 0 Å².